The summed E-state index contributed by atoms with van der Waals surface area (Å²) in [5.41, 5.74) is 0.0538. The van der Waals surface area contributed by atoms with E-state index in [1.807, 2.05) is 58.1 Å². The molecule has 13 nitrogen and oxygen atoms in total. The second-order valence-electron chi connectivity index (χ2n) is 16.8. The summed E-state index contributed by atoms with van der Waals surface area (Å²) in [7, 11) is 0. The zero-order chi connectivity index (χ0) is 43.6. The highest BCUT2D eigenvalue weighted by atomic mass is 16.4. The molecule has 0 aliphatic heterocycles. The number of allylic oxidation sites excluding steroid dienone is 6. The molecule has 8 atom stereocenters. The number of ketones is 1. The number of aliphatic carboxylic acids is 2. The average molecular weight is 809 g/mol. The van der Waals surface area contributed by atoms with Crippen molar-refractivity contribution in [2.45, 2.75) is 169 Å². The number of carboxylic acids is 2. The first-order chi connectivity index (χ1) is 26.9. The predicted octanol–water partition coefficient (Wildman–Crippen LogP) is 7.37. The van der Waals surface area contributed by atoms with E-state index in [1.54, 1.807) is 18.2 Å². The second-order valence-corrected chi connectivity index (χ2v) is 16.8. The number of carbonyl (C=O) groups excluding carboxylic acids is 1. The van der Waals surface area contributed by atoms with Crippen molar-refractivity contribution in [2.24, 2.45) is 45.6 Å². The van der Waals surface area contributed by atoms with Gasteiger partial charge in [-0.3, -0.25) is 14.4 Å². The molecule has 2 aliphatic rings. The fourth-order valence-corrected chi connectivity index (χ4v) is 7.19. The molecule has 328 valence electrons. The van der Waals surface area contributed by atoms with Gasteiger partial charge in [0, 0.05) is 49.4 Å². The Kier molecular flexibility index (Phi) is 27.4. The number of carbonyl (C=O) groups is 3. The lowest BCUT2D eigenvalue weighted by atomic mass is 9.80. The van der Waals surface area contributed by atoms with Crippen LogP contribution in [0.2, 0.25) is 0 Å². The Morgan fingerprint density at radius 3 is 1.53 bits per heavy atom. The fourth-order valence-electron chi connectivity index (χ4n) is 7.19. The molecule has 57 heavy (non-hydrogen) atoms. The molecule has 0 spiro atoms. The van der Waals surface area contributed by atoms with Crippen molar-refractivity contribution < 1.29 is 55.4 Å². The first-order valence-corrected chi connectivity index (χ1v) is 20.7. The fraction of sp³-hybridized carbons (Fsp3) is 0.727. The SMILES string of the molecule is CCCCC(C)(C)C(O)/C=C/C1/C(=N\O)CC(O)C1C/C=C\CCCC(=O)O.CCCCC(C)(C)C(O)/C=C/C1C(=O)CC(O)C1C/C=C\CCCC(=O)O.NO. The minimum atomic E-state index is -0.800. The summed E-state index contributed by atoms with van der Waals surface area (Å²) in [6, 6.07) is 0. The van der Waals surface area contributed by atoms with Crippen molar-refractivity contribution >= 4 is 23.4 Å². The molecule has 0 radical (unpaired) electrons. The van der Waals surface area contributed by atoms with E-state index in [-0.39, 0.29) is 59.5 Å². The van der Waals surface area contributed by atoms with E-state index in [1.165, 1.54) is 0 Å². The van der Waals surface area contributed by atoms with Gasteiger partial charge in [0.25, 0.3) is 0 Å². The van der Waals surface area contributed by atoms with Crippen LogP contribution in [0.3, 0.4) is 0 Å². The molecule has 0 aromatic rings. The van der Waals surface area contributed by atoms with Crippen LogP contribution in [0, 0.1) is 34.5 Å². The van der Waals surface area contributed by atoms with E-state index in [0.29, 0.717) is 50.7 Å². The summed E-state index contributed by atoms with van der Waals surface area (Å²) in [5, 5.41) is 78.1. The molecule has 2 aliphatic carbocycles. The molecule has 2 fully saturated rings. The smallest absolute Gasteiger partial charge is 0.303 e. The van der Waals surface area contributed by atoms with Gasteiger partial charge in [-0.05, 0) is 62.2 Å². The molecule has 0 aromatic carbocycles. The molecule has 0 bridgehead atoms. The normalized spacial score (nSPS) is 24.6. The Morgan fingerprint density at radius 2 is 1.12 bits per heavy atom. The van der Waals surface area contributed by atoms with Crippen LogP contribution in [0.15, 0.2) is 53.8 Å². The van der Waals surface area contributed by atoms with Crippen molar-refractivity contribution in [1.82, 2.24) is 0 Å². The van der Waals surface area contributed by atoms with Gasteiger partial charge in [-0.2, -0.15) is 0 Å². The highest BCUT2D eigenvalue weighted by molar-refractivity contribution is 5.90. The molecule has 0 aromatic heterocycles. The lowest BCUT2D eigenvalue weighted by Crippen LogP contribution is -2.28. The molecular formula is C44H76N2O11. The standard InChI is InChI=1S/C22H37NO5.C22H36O5.H3NO/c1-4-5-14-22(2,3)20(25)13-12-16-17(19(24)15-18(16)23-28)10-8-6-7-9-11-21(26)27;1-4-5-14-22(2,3)20(25)13-12-17-16(18(23)15-19(17)24)10-8-6-7-9-11-21(26)27;1-2/h6,8,12-13,16-17,19-20,24-25,28H,4-5,7,9-11,14-15H2,1-3H3,(H,26,27);6,8,12-13,16-18,20,23,25H,4-5,7,9-11,14-15H2,1-3H3,(H,26,27);2H,1H2/b8-6-,13-12+,23-18-;8-6-,13-12+;. The summed E-state index contributed by atoms with van der Waals surface area (Å²) in [5.74, 6) is 1.02. The molecule has 0 amide bonds. The zero-order valence-electron chi connectivity index (χ0n) is 35.4. The maximum atomic E-state index is 12.3. The van der Waals surface area contributed by atoms with Crippen molar-refractivity contribution in [1.29, 1.82) is 0 Å². The Hall–Kier alpha value is -3.20. The first kappa shape index (κ1) is 53.8. The van der Waals surface area contributed by atoms with Gasteiger partial charge in [0.1, 0.15) is 5.78 Å². The monoisotopic (exact) mass is 809 g/mol. The van der Waals surface area contributed by atoms with Gasteiger partial charge in [0.2, 0.25) is 0 Å². The number of hydrogen-bond acceptors (Lipinski definition) is 11. The van der Waals surface area contributed by atoms with E-state index in [0.717, 1.165) is 38.5 Å². The lowest BCUT2D eigenvalue weighted by Gasteiger charge is -2.29. The van der Waals surface area contributed by atoms with Crippen molar-refractivity contribution in [3.8, 4) is 0 Å². The number of oxime groups is 1. The molecule has 13 heteroatoms. The molecule has 0 heterocycles. The number of aliphatic hydroxyl groups excluding tert-OH is 4. The molecule has 0 saturated heterocycles. The summed E-state index contributed by atoms with van der Waals surface area (Å²) in [6.07, 6.45) is 23.0. The Labute approximate surface area is 341 Å². The van der Waals surface area contributed by atoms with Gasteiger partial charge in [0.15, 0.2) is 0 Å². The third-order valence-corrected chi connectivity index (χ3v) is 11.2. The molecule has 2 saturated carbocycles. The highest BCUT2D eigenvalue weighted by Crippen LogP contribution is 2.37. The largest absolute Gasteiger partial charge is 0.481 e. The number of hydrogen-bond donors (Lipinski definition) is 9. The van der Waals surface area contributed by atoms with Crippen LogP contribution < -0.4 is 5.90 Å². The molecule has 8 unspecified atom stereocenters. The van der Waals surface area contributed by atoms with Crippen LogP contribution in [-0.4, -0.2) is 88.9 Å². The van der Waals surface area contributed by atoms with E-state index in [4.69, 9.17) is 15.4 Å². The van der Waals surface area contributed by atoms with Crippen LogP contribution in [0.4, 0.5) is 0 Å². The van der Waals surface area contributed by atoms with Crippen LogP contribution in [-0.2, 0) is 14.4 Å². The highest BCUT2D eigenvalue weighted by Gasteiger charge is 2.40. The number of rotatable bonds is 24. The number of carboxylic acid groups (broad SMARTS) is 2. The van der Waals surface area contributed by atoms with Crippen molar-refractivity contribution in [2.75, 3.05) is 0 Å². The predicted molar refractivity (Wildman–Crippen MR) is 223 cm³/mol. The van der Waals surface area contributed by atoms with Gasteiger partial charge in [-0.25, -0.2) is 5.90 Å². The van der Waals surface area contributed by atoms with Crippen LogP contribution in [0.1, 0.15) is 144 Å². The average Bonchev–Trinajstić information content (AvgIpc) is 3.62. The van der Waals surface area contributed by atoms with Gasteiger partial charge in [-0.1, -0.05) is 121 Å². The second kappa shape index (κ2) is 29.1. The maximum absolute atomic E-state index is 12.3. The Morgan fingerprint density at radius 1 is 0.719 bits per heavy atom. The van der Waals surface area contributed by atoms with E-state index >= 15 is 0 Å². The third kappa shape index (κ3) is 20.9. The van der Waals surface area contributed by atoms with E-state index < -0.39 is 36.4 Å². The number of aliphatic hydroxyl groups is 4. The molecule has 2 rings (SSSR count). The number of unbranched alkanes of at least 4 members (excludes halogenated alkanes) is 4. The van der Waals surface area contributed by atoms with Gasteiger partial charge in [-0.15, -0.1) is 0 Å². The summed E-state index contributed by atoms with van der Waals surface area (Å²) >= 11 is 0. The third-order valence-electron chi connectivity index (χ3n) is 11.2. The first-order valence-electron chi connectivity index (χ1n) is 20.7. The van der Waals surface area contributed by atoms with Crippen molar-refractivity contribution in [3.05, 3.63) is 48.6 Å². The van der Waals surface area contributed by atoms with Crippen LogP contribution in [0.5, 0.6) is 0 Å². The van der Waals surface area contributed by atoms with Crippen LogP contribution >= 0.6 is 0 Å². The van der Waals surface area contributed by atoms with Gasteiger partial charge in [0.05, 0.1) is 30.1 Å². The Bertz CT molecular complexity index is 1310. The molecular weight excluding hydrogens is 732 g/mol. The minimum absolute atomic E-state index is 0.0154. The summed E-state index contributed by atoms with van der Waals surface area (Å²) in [6.45, 7) is 12.4. The Balaban J connectivity index is 0.00000105. The number of nitrogens with zero attached hydrogens (tertiary/aromatic N) is 1. The maximum Gasteiger partial charge on any atom is 0.303 e. The zero-order valence-corrected chi connectivity index (χ0v) is 35.4. The van der Waals surface area contributed by atoms with Crippen molar-refractivity contribution in [3.63, 3.8) is 0 Å². The number of nitrogens with two attached hydrogens (primary N) is 1. The summed E-state index contributed by atoms with van der Waals surface area (Å²) < 4.78 is 0. The van der Waals surface area contributed by atoms with Gasteiger partial charge >= 0.3 is 11.9 Å². The topological polar surface area (TPSA) is 251 Å². The van der Waals surface area contributed by atoms with E-state index in [9.17, 15) is 40.0 Å². The molecule has 10 N–H and O–H groups in total. The minimum Gasteiger partial charge on any atom is -0.481 e. The van der Waals surface area contributed by atoms with Gasteiger partial charge < -0.3 is 41.1 Å². The van der Waals surface area contributed by atoms with Crippen LogP contribution in [0.25, 0.3) is 0 Å². The quantitative estimate of drug-likeness (QED) is 0.0201. The lowest BCUT2D eigenvalue weighted by molar-refractivity contribution is -0.138. The summed E-state index contributed by atoms with van der Waals surface area (Å²) in [4.78, 5) is 33.3. The van der Waals surface area contributed by atoms with E-state index in [2.05, 4.69) is 24.9 Å². The number of Topliss-reactive ketones (excluding diaryl/α,β-unsaturated/α-hetero) is 1.